The van der Waals surface area contributed by atoms with Gasteiger partial charge in [-0.05, 0) is 48.3 Å². The Bertz CT molecular complexity index is 1060. The third kappa shape index (κ3) is 4.37. The maximum atomic E-state index is 6.03. The van der Waals surface area contributed by atoms with E-state index in [-0.39, 0.29) is 6.10 Å². The van der Waals surface area contributed by atoms with E-state index in [1.54, 1.807) is 0 Å². The van der Waals surface area contributed by atoms with E-state index in [2.05, 4.69) is 33.7 Å². The van der Waals surface area contributed by atoms with Crippen LogP contribution in [0.3, 0.4) is 0 Å². The molecular formula is C23H25ClN4OS. The van der Waals surface area contributed by atoms with Crippen LogP contribution in [0.1, 0.15) is 41.8 Å². The quantitative estimate of drug-likeness (QED) is 0.504. The molecule has 156 valence electrons. The van der Waals surface area contributed by atoms with Crippen molar-refractivity contribution in [2.75, 3.05) is 19.7 Å². The highest BCUT2D eigenvalue weighted by Crippen LogP contribution is 2.39. The minimum absolute atomic E-state index is 0.0412. The number of hydrogen-bond donors (Lipinski definition) is 0. The summed E-state index contributed by atoms with van der Waals surface area (Å²) in [5.74, 6) is 1.68. The molecule has 2 aliphatic rings. The zero-order valence-corrected chi connectivity index (χ0v) is 18.4. The van der Waals surface area contributed by atoms with E-state index in [1.807, 2.05) is 35.0 Å². The molecule has 1 saturated heterocycles. The summed E-state index contributed by atoms with van der Waals surface area (Å²) in [6, 6.07) is 18.4. The SMILES string of the molecule is S=c1n(CN2CCOC(c3ccc(Cl)cc3)C2)nc(C2CC2)n1Cc1ccccc1. The third-order valence-corrected chi connectivity index (χ3v) is 6.49. The summed E-state index contributed by atoms with van der Waals surface area (Å²) in [6.07, 6.45) is 2.45. The van der Waals surface area contributed by atoms with Crippen molar-refractivity contribution in [1.29, 1.82) is 0 Å². The molecule has 1 unspecified atom stereocenters. The predicted molar refractivity (Wildman–Crippen MR) is 120 cm³/mol. The molecule has 0 bridgehead atoms. The van der Waals surface area contributed by atoms with E-state index in [0.29, 0.717) is 19.2 Å². The summed E-state index contributed by atoms with van der Waals surface area (Å²) in [4.78, 5) is 2.37. The molecule has 2 fully saturated rings. The first-order chi connectivity index (χ1) is 14.7. The molecule has 1 saturated carbocycles. The van der Waals surface area contributed by atoms with Crippen LogP contribution in [0.4, 0.5) is 0 Å². The van der Waals surface area contributed by atoms with Gasteiger partial charge < -0.3 is 4.74 Å². The molecule has 7 heteroatoms. The lowest BCUT2D eigenvalue weighted by Gasteiger charge is -2.32. The first-order valence-corrected chi connectivity index (χ1v) is 11.3. The number of morpholine rings is 1. The molecule has 5 nitrogen and oxygen atoms in total. The van der Waals surface area contributed by atoms with Crippen molar-refractivity contribution in [2.24, 2.45) is 0 Å². The van der Waals surface area contributed by atoms with Crippen molar-refractivity contribution < 1.29 is 4.74 Å². The number of nitrogens with zero attached hydrogens (tertiary/aromatic N) is 4. The molecular weight excluding hydrogens is 416 g/mol. The first kappa shape index (κ1) is 19.9. The van der Waals surface area contributed by atoms with E-state index < -0.39 is 0 Å². The van der Waals surface area contributed by atoms with Gasteiger partial charge in [-0.25, -0.2) is 4.68 Å². The van der Waals surface area contributed by atoms with Crippen LogP contribution in [0.15, 0.2) is 54.6 Å². The van der Waals surface area contributed by atoms with Crippen molar-refractivity contribution in [2.45, 2.75) is 38.1 Å². The maximum absolute atomic E-state index is 6.03. The van der Waals surface area contributed by atoms with E-state index in [4.69, 9.17) is 33.7 Å². The van der Waals surface area contributed by atoms with Crippen molar-refractivity contribution in [3.05, 3.63) is 81.3 Å². The van der Waals surface area contributed by atoms with Crippen LogP contribution < -0.4 is 0 Å². The summed E-state index contributed by atoms with van der Waals surface area (Å²) in [5, 5.41) is 5.69. The summed E-state index contributed by atoms with van der Waals surface area (Å²) >= 11 is 11.9. The van der Waals surface area contributed by atoms with Gasteiger partial charge in [-0.2, -0.15) is 5.10 Å². The highest BCUT2D eigenvalue weighted by atomic mass is 35.5. The lowest BCUT2D eigenvalue weighted by Crippen LogP contribution is -2.39. The van der Waals surface area contributed by atoms with Gasteiger partial charge in [-0.15, -0.1) is 0 Å². The third-order valence-electron chi connectivity index (χ3n) is 5.80. The zero-order valence-electron chi connectivity index (χ0n) is 16.8. The van der Waals surface area contributed by atoms with Gasteiger partial charge in [0.25, 0.3) is 0 Å². The van der Waals surface area contributed by atoms with Crippen molar-refractivity contribution in [3.8, 4) is 0 Å². The van der Waals surface area contributed by atoms with Crippen LogP contribution in [0, 0.1) is 4.77 Å². The van der Waals surface area contributed by atoms with Crippen LogP contribution in [0.25, 0.3) is 0 Å². The fourth-order valence-electron chi connectivity index (χ4n) is 4.01. The predicted octanol–water partition coefficient (Wildman–Crippen LogP) is 5.02. The summed E-state index contributed by atoms with van der Waals surface area (Å²) in [6.45, 7) is 3.85. The molecule has 1 aliphatic heterocycles. The molecule has 0 radical (unpaired) electrons. The number of benzene rings is 2. The molecule has 2 aromatic carbocycles. The number of aromatic nitrogens is 3. The fraction of sp³-hybridized carbons (Fsp3) is 0.391. The van der Waals surface area contributed by atoms with E-state index in [1.165, 1.54) is 18.4 Å². The normalized spacial score (nSPS) is 19.8. The number of halogens is 1. The number of rotatable bonds is 6. The van der Waals surface area contributed by atoms with Crippen molar-refractivity contribution in [1.82, 2.24) is 19.2 Å². The van der Waals surface area contributed by atoms with Gasteiger partial charge in [0.2, 0.25) is 0 Å². The molecule has 3 aromatic rings. The van der Waals surface area contributed by atoms with Gasteiger partial charge in [0.1, 0.15) is 5.82 Å². The Morgan fingerprint density at radius 3 is 2.57 bits per heavy atom. The Hall–Kier alpha value is -1.99. The molecule has 0 amide bonds. The maximum Gasteiger partial charge on any atom is 0.199 e. The van der Waals surface area contributed by atoms with Gasteiger partial charge in [-0.3, -0.25) is 9.47 Å². The standard InChI is InChI=1S/C23H25ClN4OS/c24-20-10-8-18(9-11-20)21-15-26(12-13-29-21)16-28-23(30)27(22(25-28)19-6-7-19)14-17-4-2-1-3-5-17/h1-5,8-11,19,21H,6-7,12-16H2. The summed E-state index contributed by atoms with van der Waals surface area (Å²) in [7, 11) is 0. The molecule has 1 aliphatic carbocycles. The average molecular weight is 441 g/mol. The summed E-state index contributed by atoms with van der Waals surface area (Å²) in [5.41, 5.74) is 2.41. The van der Waals surface area contributed by atoms with E-state index >= 15 is 0 Å². The van der Waals surface area contributed by atoms with Crippen LogP contribution in [0.5, 0.6) is 0 Å². The van der Waals surface area contributed by atoms with Crippen LogP contribution >= 0.6 is 23.8 Å². The number of hydrogen-bond acceptors (Lipinski definition) is 4. The zero-order chi connectivity index (χ0) is 20.5. The lowest BCUT2D eigenvalue weighted by atomic mass is 10.1. The van der Waals surface area contributed by atoms with Crippen molar-refractivity contribution >= 4 is 23.8 Å². The Balaban J connectivity index is 1.35. The Morgan fingerprint density at radius 2 is 1.83 bits per heavy atom. The second-order valence-corrected chi connectivity index (χ2v) is 8.92. The van der Waals surface area contributed by atoms with Crippen LogP contribution in [-0.2, 0) is 18.0 Å². The van der Waals surface area contributed by atoms with Crippen molar-refractivity contribution in [3.63, 3.8) is 0 Å². The largest absolute Gasteiger partial charge is 0.371 e. The minimum atomic E-state index is 0.0412. The van der Waals surface area contributed by atoms with Crippen LogP contribution in [-0.4, -0.2) is 38.9 Å². The Kier molecular flexibility index (Phi) is 5.74. The topological polar surface area (TPSA) is 35.2 Å². The second kappa shape index (κ2) is 8.63. The molecule has 2 heterocycles. The molecule has 1 atom stereocenters. The fourth-order valence-corrected chi connectivity index (χ4v) is 4.39. The van der Waals surface area contributed by atoms with Gasteiger partial charge in [0.05, 0.1) is 25.9 Å². The highest BCUT2D eigenvalue weighted by Gasteiger charge is 2.31. The Morgan fingerprint density at radius 1 is 1.07 bits per heavy atom. The first-order valence-electron chi connectivity index (χ1n) is 10.5. The van der Waals surface area contributed by atoms with Gasteiger partial charge in [0, 0.05) is 24.0 Å². The minimum Gasteiger partial charge on any atom is -0.371 e. The van der Waals surface area contributed by atoms with E-state index in [9.17, 15) is 0 Å². The number of ether oxygens (including phenoxy) is 1. The molecule has 0 spiro atoms. The van der Waals surface area contributed by atoms with E-state index in [0.717, 1.165) is 40.8 Å². The average Bonchev–Trinajstić information content (AvgIpc) is 3.57. The molecule has 5 rings (SSSR count). The highest BCUT2D eigenvalue weighted by molar-refractivity contribution is 7.71. The Labute approximate surface area is 186 Å². The monoisotopic (exact) mass is 440 g/mol. The van der Waals surface area contributed by atoms with Crippen LogP contribution in [0.2, 0.25) is 5.02 Å². The van der Waals surface area contributed by atoms with Gasteiger partial charge in [-0.1, -0.05) is 54.1 Å². The molecule has 0 N–H and O–H groups in total. The lowest BCUT2D eigenvalue weighted by molar-refractivity contribution is -0.0419. The second-order valence-electron chi connectivity index (χ2n) is 8.12. The molecule has 1 aromatic heterocycles. The molecule has 30 heavy (non-hydrogen) atoms. The smallest absolute Gasteiger partial charge is 0.199 e. The summed E-state index contributed by atoms with van der Waals surface area (Å²) < 4.78 is 11.0. The van der Waals surface area contributed by atoms with Gasteiger partial charge >= 0.3 is 0 Å². The van der Waals surface area contributed by atoms with Gasteiger partial charge in [0.15, 0.2) is 4.77 Å².